The highest BCUT2D eigenvalue weighted by atomic mass is 19.1. The second-order valence-electron chi connectivity index (χ2n) is 7.68. The molecule has 2 aromatic heterocycles. The lowest BCUT2D eigenvalue weighted by Gasteiger charge is -2.35. The number of halogens is 1. The molecule has 3 heterocycles. The minimum Gasteiger partial charge on any atom is -0.460 e. The number of likely N-dealkylation sites (tertiary alicyclic amines) is 1. The minimum absolute atomic E-state index is 0.0714. The summed E-state index contributed by atoms with van der Waals surface area (Å²) in [5, 5.41) is 0. The Balaban J connectivity index is 1.34. The second kappa shape index (κ2) is 8.82. The molecule has 2 fully saturated rings. The number of piperidine rings is 1. The average molecular weight is 386 g/mol. The van der Waals surface area contributed by atoms with Crippen molar-refractivity contribution in [2.24, 2.45) is 0 Å². The highest BCUT2D eigenvalue weighted by Gasteiger charge is 2.28. The molecule has 0 radical (unpaired) electrons. The first-order valence-electron chi connectivity index (χ1n) is 10.2. The molecule has 1 saturated carbocycles. The largest absolute Gasteiger partial charge is 0.460 e. The molecule has 1 aliphatic carbocycles. The molecule has 0 bridgehead atoms. The summed E-state index contributed by atoms with van der Waals surface area (Å²) < 4.78 is 19.7. The molecule has 6 nitrogen and oxygen atoms in total. The fraction of sp³-hybridized carbons (Fsp3) is 0.571. The number of hydrogen-bond acceptors (Lipinski definition) is 5. The zero-order valence-corrected chi connectivity index (χ0v) is 16.1. The summed E-state index contributed by atoms with van der Waals surface area (Å²) in [7, 11) is 0. The van der Waals surface area contributed by atoms with Crippen molar-refractivity contribution in [1.29, 1.82) is 0 Å². The first-order chi connectivity index (χ1) is 13.7. The molecule has 28 heavy (non-hydrogen) atoms. The molecule has 0 N–H and O–H groups in total. The Hall–Kier alpha value is -2.28. The van der Waals surface area contributed by atoms with Crippen LogP contribution in [0.15, 0.2) is 35.5 Å². The normalized spacial score (nSPS) is 19.2. The third kappa shape index (κ3) is 4.41. The zero-order chi connectivity index (χ0) is 19.3. The van der Waals surface area contributed by atoms with E-state index in [1.807, 2.05) is 0 Å². The zero-order valence-electron chi connectivity index (χ0n) is 16.1. The monoisotopic (exact) mass is 386 g/mol. The standard InChI is InChI=1S/C21H27FN4O2/c22-8-12-26-9-5-16(13-20(26)27)17-14-23-21(24-15-17)28-19-6-10-25(11-7-19)18-3-1-2-4-18/h5,9,13-15,18-19H,1-4,6-8,10-12H2. The van der Waals surface area contributed by atoms with Crippen molar-refractivity contribution in [2.75, 3.05) is 19.8 Å². The van der Waals surface area contributed by atoms with E-state index in [9.17, 15) is 9.18 Å². The molecule has 4 rings (SSSR count). The summed E-state index contributed by atoms with van der Waals surface area (Å²) in [4.78, 5) is 23.2. The van der Waals surface area contributed by atoms with Gasteiger partial charge in [-0.15, -0.1) is 0 Å². The van der Waals surface area contributed by atoms with E-state index < -0.39 is 6.67 Å². The maximum Gasteiger partial charge on any atom is 0.316 e. The number of nitrogens with zero attached hydrogens (tertiary/aromatic N) is 4. The van der Waals surface area contributed by atoms with Crippen LogP contribution >= 0.6 is 0 Å². The van der Waals surface area contributed by atoms with Crippen LogP contribution in [-0.4, -0.2) is 51.3 Å². The first-order valence-corrected chi connectivity index (χ1v) is 10.2. The predicted molar refractivity (Wildman–Crippen MR) is 105 cm³/mol. The number of hydrogen-bond donors (Lipinski definition) is 0. The van der Waals surface area contributed by atoms with Crippen LogP contribution in [-0.2, 0) is 6.54 Å². The molecule has 0 spiro atoms. The number of ether oxygens (including phenoxy) is 1. The third-order valence-corrected chi connectivity index (χ3v) is 5.87. The van der Waals surface area contributed by atoms with Gasteiger partial charge in [-0.3, -0.25) is 4.79 Å². The van der Waals surface area contributed by atoms with Crippen LogP contribution in [0.2, 0.25) is 0 Å². The summed E-state index contributed by atoms with van der Waals surface area (Å²) >= 11 is 0. The molecule has 0 amide bonds. The van der Waals surface area contributed by atoms with Crippen molar-refractivity contribution in [3.8, 4) is 17.1 Å². The summed E-state index contributed by atoms with van der Waals surface area (Å²) in [6.45, 7) is 1.68. The van der Waals surface area contributed by atoms with Gasteiger partial charge in [0.25, 0.3) is 5.56 Å². The van der Waals surface area contributed by atoms with Crippen molar-refractivity contribution in [1.82, 2.24) is 19.4 Å². The topological polar surface area (TPSA) is 60.2 Å². The molecule has 7 heteroatoms. The van der Waals surface area contributed by atoms with E-state index in [2.05, 4.69) is 14.9 Å². The van der Waals surface area contributed by atoms with Gasteiger partial charge in [0.05, 0.1) is 6.54 Å². The lowest BCUT2D eigenvalue weighted by Crippen LogP contribution is -2.43. The highest BCUT2D eigenvalue weighted by Crippen LogP contribution is 2.27. The average Bonchev–Trinajstić information content (AvgIpc) is 3.26. The molecule has 1 aliphatic heterocycles. The minimum atomic E-state index is -0.562. The number of aryl methyl sites for hydroxylation is 1. The molecule has 2 aromatic rings. The van der Waals surface area contributed by atoms with Crippen LogP contribution in [0.1, 0.15) is 38.5 Å². The Morgan fingerprint density at radius 1 is 1.07 bits per heavy atom. The summed E-state index contributed by atoms with van der Waals surface area (Å²) in [5.74, 6) is 0. The van der Waals surface area contributed by atoms with Gasteiger partial charge in [0.1, 0.15) is 12.8 Å². The van der Waals surface area contributed by atoms with Gasteiger partial charge in [-0.05, 0) is 37.3 Å². The van der Waals surface area contributed by atoms with E-state index in [4.69, 9.17) is 4.74 Å². The Morgan fingerprint density at radius 3 is 2.43 bits per heavy atom. The predicted octanol–water partition coefficient (Wildman–Crippen LogP) is 3.06. The number of pyridine rings is 1. The second-order valence-corrected chi connectivity index (χ2v) is 7.68. The Bertz CT molecular complexity index is 825. The number of alkyl halides is 1. The SMILES string of the molecule is O=c1cc(-c2cnc(OC3CCN(C4CCCC4)CC3)nc2)ccn1CCF. The van der Waals surface area contributed by atoms with E-state index in [1.54, 1.807) is 24.7 Å². The van der Waals surface area contributed by atoms with E-state index >= 15 is 0 Å². The Labute approximate surface area is 164 Å². The number of aromatic nitrogens is 3. The van der Waals surface area contributed by atoms with E-state index in [1.165, 1.54) is 36.3 Å². The van der Waals surface area contributed by atoms with Crippen LogP contribution < -0.4 is 10.3 Å². The third-order valence-electron chi connectivity index (χ3n) is 5.87. The van der Waals surface area contributed by atoms with Gasteiger partial charge >= 0.3 is 6.01 Å². The quantitative estimate of drug-likeness (QED) is 0.764. The van der Waals surface area contributed by atoms with Crippen LogP contribution in [0, 0.1) is 0 Å². The molecule has 2 aliphatic rings. The molecule has 0 unspecified atom stereocenters. The van der Waals surface area contributed by atoms with Gasteiger partial charge in [-0.2, -0.15) is 0 Å². The van der Waals surface area contributed by atoms with Crippen molar-refractivity contribution < 1.29 is 9.13 Å². The Kier molecular flexibility index (Phi) is 6.00. The van der Waals surface area contributed by atoms with E-state index in [0.29, 0.717) is 6.01 Å². The van der Waals surface area contributed by atoms with Crippen LogP contribution in [0.3, 0.4) is 0 Å². The highest BCUT2D eigenvalue weighted by molar-refractivity contribution is 5.60. The van der Waals surface area contributed by atoms with Crippen LogP contribution in [0.5, 0.6) is 6.01 Å². The summed E-state index contributed by atoms with van der Waals surface area (Å²) in [6, 6.07) is 4.41. The molecular formula is C21H27FN4O2. The van der Waals surface area contributed by atoms with Gasteiger partial charge in [-0.1, -0.05) is 12.8 Å². The molecule has 1 saturated heterocycles. The van der Waals surface area contributed by atoms with Crippen LogP contribution in [0.4, 0.5) is 4.39 Å². The Morgan fingerprint density at radius 2 is 1.79 bits per heavy atom. The molecule has 150 valence electrons. The maximum absolute atomic E-state index is 12.4. The lowest BCUT2D eigenvalue weighted by atomic mass is 10.0. The van der Waals surface area contributed by atoms with Crippen molar-refractivity contribution in [3.05, 3.63) is 41.1 Å². The van der Waals surface area contributed by atoms with Crippen molar-refractivity contribution in [3.63, 3.8) is 0 Å². The molecule has 0 atom stereocenters. The summed E-state index contributed by atoms with van der Waals surface area (Å²) in [5.41, 5.74) is 1.23. The fourth-order valence-electron chi connectivity index (χ4n) is 4.27. The van der Waals surface area contributed by atoms with Gasteiger partial charge in [-0.25, -0.2) is 14.4 Å². The van der Waals surface area contributed by atoms with E-state index in [-0.39, 0.29) is 18.2 Å². The molecule has 0 aromatic carbocycles. The van der Waals surface area contributed by atoms with Gasteiger partial charge in [0, 0.05) is 49.4 Å². The number of rotatable bonds is 6. The van der Waals surface area contributed by atoms with Gasteiger partial charge < -0.3 is 14.2 Å². The smallest absolute Gasteiger partial charge is 0.316 e. The fourth-order valence-corrected chi connectivity index (χ4v) is 4.27. The van der Waals surface area contributed by atoms with Crippen LogP contribution in [0.25, 0.3) is 11.1 Å². The summed E-state index contributed by atoms with van der Waals surface area (Å²) in [6.07, 6.45) is 12.5. The van der Waals surface area contributed by atoms with E-state index in [0.717, 1.165) is 43.1 Å². The van der Waals surface area contributed by atoms with Gasteiger partial charge in [0.15, 0.2) is 0 Å². The maximum atomic E-state index is 12.4. The van der Waals surface area contributed by atoms with Crippen molar-refractivity contribution >= 4 is 0 Å². The lowest BCUT2D eigenvalue weighted by molar-refractivity contribution is 0.0710. The van der Waals surface area contributed by atoms with Gasteiger partial charge in [0.2, 0.25) is 0 Å². The molecular weight excluding hydrogens is 359 g/mol. The van der Waals surface area contributed by atoms with Crippen molar-refractivity contribution in [2.45, 2.75) is 57.2 Å². The first kappa shape index (κ1) is 19.1.